The molecule has 0 aliphatic carbocycles. The molecule has 38 valence electrons. The molecule has 0 saturated carbocycles. The van der Waals surface area contributed by atoms with Gasteiger partial charge in [-0.1, -0.05) is 0 Å². The van der Waals surface area contributed by atoms with Crippen LogP contribution in [0.1, 0.15) is 11.6 Å². The van der Waals surface area contributed by atoms with Crippen LogP contribution in [-0.4, -0.2) is 15.2 Å². The Morgan fingerprint density at radius 2 is 2.00 bits per heavy atom. The van der Waals surface area contributed by atoms with E-state index in [0.29, 0.717) is 0 Å². The summed E-state index contributed by atoms with van der Waals surface area (Å²) in [5, 5.41) is 6.49. The third kappa shape index (κ3) is 1.94. The quantitative estimate of drug-likeness (QED) is 0.382. The Bertz CT molecular complexity index is 144. The molecule has 0 unspecified atom stereocenters. The zero-order chi connectivity index (χ0) is 5.28. The standard InChI is InChI=1S/C4H7N3.Na/c1-3-5-4(2)7-6-3;/h1-2H3,(H,5,6,7);/q;+1. The van der Waals surface area contributed by atoms with Crippen molar-refractivity contribution < 1.29 is 29.6 Å². The van der Waals surface area contributed by atoms with E-state index < -0.39 is 0 Å². The molecule has 0 aliphatic rings. The number of rotatable bonds is 0. The number of nitrogens with zero attached hydrogens (tertiary/aromatic N) is 2. The maximum Gasteiger partial charge on any atom is 1.00 e. The first-order valence-electron chi connectivity index (χ1n) is 2.14. The van der Waals surface area contributed by atoms with E-state index in [1.165, 1.54) is 0 Å². The van der Waals surface area contributed by atoms with Gasteiger partial charge in [-0.3, -0.25) is 5.10 Å². The summed E-state index contributed by atoms with van der Waals surface area (Å²) < 4.78 is 0. The molecule has 8 heavy (non-hydrogen) atoms. The number of aromatic amines is 1. The monoisotopic (exact) mass is 120 g/mol. The van der Waals surface area contributed by atoms with Crippen molar-refractivity contribution in [1.82, 2.24) is 15.2 Å². The van der Waals surface area contributed by atoms with Crippen molar-refractivity contribution in [2.75, 3.05) is 0 Å². The van der Waals surface area contributed by atoms with E-state index in [1.54, 1.807) is 0 Å². The van der Waals surface area contributed by atoms with E-state index in [2.05, 4.69) is 15.2 Å². The summed E-state index contributed by atoms with van der Waals surface area (Å²) >= 11 is 0. The molecule has 0 radical (unpaired) electrons. The van der Waals surface area contributed by atoms with Crippen molar-refractivity contribution in [3.05, 3.63) is 11.6 Å². The van der Waals surface area contributed by atoms with E-state index >= 15 is 0 Å². The van der Waals surface area contributed by atoms with Gasteiger partial charge < -0.3 is 0 Å². The summed E-state index contributed by atoms with van der Waals surface area (Å²) in [4.78, 5) is 3.94. The Labute approximate surface area is 70.2 Å². The van der Waals surface area contributed by atoms with Crippen LogP contribution >= 0.6 is 0 Å². The number of hydrogen-bond donors (Lipinski definition) is 1. The minimum absolute atomic E-state index is 0. The second-order valence-electron chi connectivity index (χ2n) is 1.47. The van der Waals surface area contributed by atoms with Crippen LogP contribution in [-0.2, 0) is 0 Å². The normalized spacial score (nSPS) is 8.25. The zero-order valence-electron chi connectivity index (χ0n) is 5.39. The van der Waals surface area contributed by atoms with Gasteiger partial charge in [-0.2, -0.15) is 5.10 Å². The number of aryl methyl sites for hydroxylation is 2. The Morgan fingerprint density at radius 3 is 2.12 bits per heavy atom. The van der Waals surface area contributed by atoms with Crippen molar-refractivity contribution in [1.29, 1.82) is 0 Å². The molecule has 0 amide bonds. The van der Waals surface area contributed by atoms with E-state index in [4.69, 9.17) is 0 Å². The van der Waals surface area contributed by atoms with Gasteiger partial charge in [0.1, 0.15) is 11.6 Å². The fourth-order valence-electron chi connectivity index (χ4n) is 0.455. The molecular weight excluding hydrogens is 113 g/mol. The van der Waals surface area contributed by atoms with E-state index in [1.807, 2.05) is 13.8 Å². The van der Waals surface area contributed by atoms with Crippen molar-refractivity contribution in [2.24, 2.45) is 0 Å². The van der Waals surface area contributed by atoms with Gasteiger partial charge in [0.25, 0.3) is 0 Å². The van der Waals surface area contributed by atoms with Crippen LogP contribution in [0.4, 0.5) is 0 Å². The Hall–Kier alpha value is 0.140. The van der Waals surface area contributed by atoms with Crippen LogP contribution in [0.5, 0.6) is 0 Å². The van der Waals surface area contributed by atoms with Crippen molar-refractivity contribution in [3.63, 3.8) is 0 Å². The fraction of sp³-hybridized carbons (Fsp3) is 0.500. The fourth-order valence-corrected chi connectivity index (χ4v) is 0.455. The summed E-state index contributed by atoms with van der Waals surface area (Å²) in [7, 11) is 0. The van der Waals surface area contributed by atoms with Gasteiger partial charge in [0.2, 0.25) is 0 Å². The molecule has 0 atom stereocenters. The third-order valence-electron chi connectivity index (χ3n) is 0.709. The van der Waals surface area contributed by atoms with Gasteiger partial charge in [-0.05, 0) is 13.8 Å². The smallest absolute Gasteiger partial charge is 0.263 e. The van der Waals surface area contributed by atoms with Gasteiger partial charge in [-0.25, -0.2) is 4.98 Å². The molecule has 1 rings (SSSR count). The predicted molar refractivity (Wildman–Crippen MR) is 25.9 cm³/mol. The summed E-state index contributed by atoms with van der Waals surface area (Å²) in [5.41, 5.74) is 0. The number of hydrogen-bond acceptors (Lipinski definition) is 2. The van der Waals surface area contributed by atoms with Crippen LogP contribution in [0, 0.1) is 13.8 Å². The second kappa shape index (κ2) is 3.22. The molecule has 1 aromatic heterocycles. The van der Waals surface area contributed by atoms with Crippen molar-refractivity contribution in [2.45, 2.75) is 13.8 Å². The van der Waals surface area contributed by atoms with Crippen molar-refractivity contribution >= 4 is 0 Å². The number of aromatic nitrogens is 3. The minimum Gasteiger partial charge on any atom is -0.263 e. The Morgan fingerprint density at radius 1 is 1.38 bits per heavy atom. The summed E-state index contributed by atoms with van der Waals surface area (Å²) in [5.74, 6) is 1.68. The van der Waals surface area contributed by atoms with E-state index in [-0.39, 0.29) is 29.6 Å². The zero-order valence-corrected chi connectivity index (χ0v) is 7.39. The predicted octanol–water partition coefficient (Wildman–Crippen LogP) is -2.57. The molecule has 0 saturated heterocycles. The first-order valence-corrected chi connectivity index (χ1v) is 2.14. The molecule has 0 spiro atoms. The average molecular weight is 120 g/mol. The maximum atomic E-state index is 3.94. The number of H-pyrrole nitrogens is 1. The average Bonchev–Trinajstić information content (AvgIpc) is 1.87. The minimum atomic E-state index is 0. The van der Waals surface area contributed by atoms with Crippen LogP contribution in [0.2, 0.25) is 0 Å². The van der Waals surface area contributed by atoms with Crippen LogP contribution < -0.4 is 29.6 Å². The van der Waals surface area contributed by atoms with E-state index in [0.717, 1.165) is 11.6 Å². The van der Waals surface area contributed by atoms with Crippen LogP contribution in [0.15, 0.2) is 0 Å². The molecule has 0 fully saturated rings. The first-order chi connectivity index (χ1) is 3.29. The first kappa shape index (κ1) is 8.14. The molecule has 4 heteroatoms. The Kier molecular flexibility index (Phi) is 3.28. The van der Waals surface area contributed by atoms with Gasteiger partial charge in [-0.15, -0.1) is 0 Å². The SMILES string of the molecule is Cc1n[nH]c(C)n1.[Na+]. The van der Waals surface area contributed by atoms with Crippen LogP contribution in [0.3, 0.4) is 0 Å². The largest absolute Gasteiger partial charge is 1.00 e. The maximum absolute atomic E-state index is 3.94. The summed E-state index contributed by atoms with van der Waals surface area (Å²) in [6, 6.07) is 0. The van der Waals surface area contributed by atoms with Crippen LogP contribution in [0.25, 0.3) is 0 Å². The molecule has 0 bridgehead atoms. The van der Waals surface area contributed by atoms with Gasteiger partial charge in [0, 0.05) is 0 Å². The van der Waals surface area contributed by atoms with Gasteiger partial charge >= 0.3 is 29.6 Å². The Balaban J connectivity index is 0.000000490. The molecule has 1 heterocycles. The summed E-state index contributed by atoms with van der Waals surface area (Å²) in [6.07, 6.45) is 0. The summed E-state index contributed by atoms with van der Waals surface area (Å²) in [6.45, 7) is 3.73. The van der Waals surface area contributed by atoms with Gasteiger partial charge in [0.15, 0.2) is 0 Å². The molecule has 1 aromatic rings. The topological polar surface area (TPSA) is 41.6 Å². The molecule has 0 aliphatic heterocycles. The number of nitrogens with one attached hydrogen (secondary N) is 1. The molecule has 1 N–H and O–H groups in total. The molecule has 0 aromatic carbocycles. The second-order valence-corrected chi connectivity index (χ2v) is 1.47. The molecule has 3 nitrogen and oxygen atoms in total. The molecular formula is C4H7N3Na+. The third-order valence-corrected chi connectivity index (χ3v) is 0.709. The van der Waals surface area contributed by atoms with Crippen molar-refractivity contribution in [3.8, 4) is 0 Å². The van der Waals surface area contributed by atoms with Gasteiger partial charge in [0.05, 0.1) is 0 Å². The van der Waals surface area contributed by atoms with E-state index in [9.17, 15) is 0 Å².